The third kappa shape index (κ3) is 3.70. The normalized spacial score (nSPS) is 10.8. The lowest BCUT2D eigenvalue weighted by Crippen LogP contribution is -2.10. The second-order valence-corrected chi connectivity index (χ2v) is 5.30. The smallest absolute Gasteiger partial charge is 0.224 e. The highest BCUT2D eigenvalue weighted by Gasteiger charge is 2.11. The highest BCUT2D eigenvalue weighted by atomic mass is 16.5. The lowest BCUT2D eigenvalue weighted by Gasteiger charge is -2.15. The predicted octanol–water partition coefficient (Wildman–Crippen LogP) is 3.55. The lowest BCUT2D eigenvalue weighted by atomic mass is 10.0. The third-order valence-electron chi connectivity index (χ3n) is 3.22. The molecule has 2 aromatic rings. The molecule has 1 aromatic carbocycles. The summed E-state index contributed by atoms with van der Waals surface area (Å²) in [7, 11) is 0. The van der Waals surface area contributed by atoms with Gasteiger partial charge in [-0.25, -0.2) is 10.8 Å². The summed E-state index contributed by atoms with van der Waals surface area (Å²) in [6.45, 7) is 8.32. The minimum Gasteiger partial charge on any atom is -0.439 e. The quantitative estimate of drug-likeness (QED) is 0.649. The minimum absolute atomic E-state index is 0.375. The van der Waals surface area contributed by atoms with Gasteiger partial charge in [-0.15, -0.1) is 0 Å². The second-order valence-electron chi connectivity index (χ2n) is 5.30. The molecular formula is C16H22N4O. The predicted molar refractivity (Wildman–Crippen MR) is 84.6 cm³/mol. The highest BCUT2D eigenvalue weighted by Crippen LogP contribution is 2.31. The number of nitrogens with zero attached hydrogens (tertiary/aromatic N) is 2. The number of aryl methyl sites for hydroxylation is 2. The van der Waals surface area contributed by atoms with Crippen molar-refractivity contribution in [2.24, 2.45) is 5.84 Å². The van der Waals surface area contributed by atoms with Crippen LogP contribution in [0.25, 0.3) is 0 Å². The molecule has 0 saturated heterocycles. The molecule has 2 rings (SSSR count). The van der Waals surface area contributed by atoms with E-state index in [0.29, 0.717) is 23.4 Å². The van der Waals surface area contributed by atoms with E-state index in [-0.39, 0.29) is 0 Å². The van der Waals surface area contributed by atoms with Gasteiger partial charge in [0.25, 0.3) is 0 Å². The van der Waals surface area contributed by atoms with Gasteiger partial charge in [0.1, 0.15) is 17.4 Å². The fourth-order valence-corrected chi connectivity index (χ4v) is 2.08. The first kappa shape index (κ1) is 15.3. The van der Waals surface area contributed by atoms with E-state index in [9.17, 15) is 0 Å². The molecule has 0 aliphatic carbocycles. The Balaban J connectivity index is 2.39. The van der Waals surface area contributed by atoms with Gasteiger partial charge in [-0.3, -0.25) is 0 Å². The van der Waals surface area contributed by atoms with Crippen LogP contribution in [0.2, 0.25) is 0 Å². The van der Waals surface area contributed by atoms with Crippen molar-refractivity contribution in [1.29, 1.82) is 0 Å². The van der Waals surface area contributed by atoms with Gasteiger partial charge >= 0.3 is 0 Å². The van der Waals surface area contributed by atoms with Crippen molar-refractivity contribution in [2.45, 2.75) is 40.0 Å². The number of hydrogen-bond donors (Lipinski definition) is 2. The van der Waals surface area contributed by atoms with Crippen LogP contribution in [-0.2, 0) is 6.42 Å². The Morgan fingerprint density at radius 1 is 1.24 bits per heavy atom. The molecule has 0 aliphatic heterocycles. The van der Waals surface area contributed by atoms with Gasteiger partial charge in [-0.1, -0.05) is 32.9 Å². The zero-order valence-corrected chi connectivity index (χ0v) is 13.0. The largest absolute Gasteiger partial charge is 0.439 e. The number of anilines is 1. The van der Waals surface area contributed by atoms with E-state index in [1.54, 1.807) is 6.07 Å². The van der Waals surface area contributed by atoms with E-state index in [0.717, 1.165) is 23.3 Å². The van der Waals surface area contributed by atoms with Gasteiger partial charge < -0.3 is 10.2 Å². The summed E-state index contributed by atoms with van der Waals surface area (Å²) >= 11 is 0. The molecule has 1 aromatic heterocycles. The number of nitrogen functional groups attached to an aromatic ring is 1. The van der Waals surface area contributed by atoms with Gasteiger partial charge in [0.15, 0.2) is 0 Å². The fourth-order valence-electron chi connectivity index (χ4n) is 2.08. The topological polar surface area (TPSA) is 73.1 Å². The van der Waals surface area contributed by atoms with E-state index in [2.05, 4.69) is 41.4 Å². The summed E-state index contributed by atoms with van der Waals surface area (Å²) in [5.74, 6) is 8.39. The van der Waals surface area contributed by atoms with E-state index in [4.69, 9.17) is 10.6 Å². The number of ether oxygens (including phenoxy) is 1. The first-order valence-corrected chi connectivity index (χ1v) is 7.16. The van der Waals surface area contributed by atoms with Crippen LogP contribution in [0.1, 0.15) is 43.6 Å². The first-order valence-electron chi connectivity index (χ1n) is 7.16. The van der Waals surface area contributed by atoms with E-state index in [1.165, 1.54) is 0 Å². The summed E-state index contributed by atoms with van der Waals surface area (Å²) in [5.41, 5.74) is 4.85. The molecule has 0 unspecified atom stereocenters. The Hall–Kier alpha value is -2.14. The lowest BCUT2D eigenvalue weighted by molar-refractivity contribution is 0.450. The van der Waals surface area contributed by atoms with Crippen LogP contribution in [0, 0.1) is 6.92 Å². The monoisotopic (exact) mass is 286 g/mol. The van der Waals surface area contributed by atoms with Crippen molar-refractivity contribution in [2.75, 3.05) is 5.43 Å². The summed E-state index contributed by atoms with van der Waals surface area (Å²) in [5, 5.41) is 0. The van der Waals surface area contributed by atoms with Crippen molar-refractivity contribution in [3.05, 3.63) is 41.2 Å². The second kappa shape index (κ2) is 6.54. The number of hydrazine groups is 1. The van der Waals surface area contributed by atoms with Crippen LogP contribution >= 0.6 is 0 Å². The Bertz CT molecular complexity index is 603. The third-order valence-corrected chi connectivity index (χ3v) is 3.22. The number of rotatable bonds is 5. The Labute approximate surface area is 125 Å². The van der Waals surface area contributed by atoms with Gasteiger partial charge in [-0.05, 0) is 30.0 Å². The number of hydrogen-bond acceptors (Lipinski definition) is 5. The molecule has 0 saturated carbocycles. The van der Waals surface area contributed by atoms with Crippen LogP contribution in [0.3, 0.4) is 0 Å². The summed E-state index contributed by atoms with van der Waals surface area (Å²) in [4.78, 5) is 8.66. The first-order chi connectivity index (χ1) is 10.0. The zero-order valence-electron chi connectivity index (χ0n) is 13.0. The van der Waals surface area contributed by atoms with Gasteiger partial charge in [0.05, 0.1) is 0 Å². The Kier molecular flexibility index (Phi) is 4.75. The average Bonchev–Trinajstić information content (AvgIpc) is 2.46. The van der Waals surface area contributed by atoms with Gasteiger partial charge in [-0.2, -0.15) is 4.98 Å². The van der Waals surface area contributed by atoms with Crippen molar-refractivity contribution < 1.29 is 4.74 Å². The number of nitrogens with two attached hydrogens (primary N) is 1. The van der Waals surface area contributed by atoms with Gasteiger partial charge in [0.2, 0.25) is 5.88 Å². The summed E-state index contributed by atoms with van der Waals surface area (Å²) in [6.07, 6.45) is 0.719. The Morgan fingerprint density at radius 2 is 2.00 bits per heavy atom. The molecule has 0 bridgehead atoms. The van der Waals surface area contributed by atoms with Crippen LogP contribution in [-0.4, -0.2) is 9.97 Å². The molecule has 0 amide bonds. The molecule has 5 nitrogen and oxygen atoms in total. The van der Waals surface area contributed by atoms with Crippen molar-refractivity contribution in [3.63, 3.8) is 0 Å². The molecule has 0 fully saturated rings. The molecule has 5 heteroatoms. The van der Waals surface area contributed by atoms with Gasteiger partial charge in [0, 0.05) is 12.5 Å². The highest BCUT2D eigenvalue weighted by molar-refractivity contribution is 5.43. The SMILES string of the molecule is CCc1nc(NN)cc(Oc2cc(C)ccc2C(C)C)n1. The maximum atomic E-state index is 5.99. The molecule has 112 valence electrons. The molecule has 0 radical (unpaired) electrons. The van der Waals surface area contributed by atoms with E-state index in [1.807, 2.05) is 19.9 Å². The summed E-state index contributed by atoms with van der Waals surface area (Å²) in [6, 6.07) is 7.91. The maximum absolute atomic E-state index is 5.99. The molecule has 21 heavy (non-hydrogen) atoms. The maximum Gasteiger partial charge on any atom is 0.224 e. The Morgan fingerprint density at radius 3 is 2.62 bits per heavy atom. The standard InChI is InChI=1S/C16H22N4O/c1-5-14-18-15(20-17)9-16(19-14)21-13-8-11(4)6-7-12(13)10(2)3/h6-10H,5,17H2,1-4H3,(H,18,19,20). The summed E-state index contributed by atoms with van der Waals surface area (Å²) < 4.78 is 5.99. The fraction of sp³-hybridized carbons (Fsp3) is 0.375. The molecular weight excluding hydrogens is 264 g/mol. The molecule has 0 atom stereocenters. The minimum atomic E-state index is 0.375. The zero-order chi connectivity index (χ0) is 15.4. The molecule has 1 heterocycles. The van der Waals surface area contributed by atoms with Crippen LogP contribution in [0.5, 0.6) is 11.6 Å². The van der Waals surface area contributed by atoms with Crippen LogP contribution < -0.4 is 16.0 Å². The number of aromatic nitrogens is 2. The van der Waals surface area contributed by atoms with E-state index >= 15 is 0 Å². The van der Waals surface area contributed by atoms with Crippen LogP contribution in [0.4, 0.5) is 5.82 Å². The molecule has 0 aliphatic rings. The average molecular weight is 286 g/mol. The number of nitrogens with one attached hydrogen (secondary N) is 1. The van der Waals surface area contributed by atoms with Crippen molar-refractivity contribution in [1.82, 2.24) is 9.97 Å². The van der Waals surface area contributed by atoms with Crippen LogP contribution in [0.15, 0.2) is 24.3 Å². The van der Waals surface area contributed by atoms with Crippen molar-refractivity contribution >= 4 is 5.82 Å². The number of benzene rings is 1. The molecule has 3 N–H and O–H groups in total. The van der Waals surface area contributed by atoms with Crippen molar-refractivity contribution in [3.8, 4) is 11.6 Å². The van der Waals surface area contributed by atoms with E-state index < -0.39 is 0 Å². The molecule has 0 spiro atoms.